The number of rotatable bonds is 4. The highest BCUT2D eigenvalue weighted by Crippen LogP contribution is 2.28. The van der Waals surface area contributed by atoms with E-state index in [9.17, 15) is 14.3 Å². The highest BCUT2D eigenvalue weighted by molar-refractivity contribution is 6.31. The monoisotopic (exact) mass is 362 g/mol. The van der Waals surface area contributed by atoms with E-state index in [1.165, 1.54) is 18.2 Å². The van der Waals surface area contributed by atoms with E-state index in [-0.39, 0.29) is 23.4 Å². The van der Waals surface area contributed by atoms with Crippen LogP contribution in [0.25, 0.3) is 0 Å². The Kier molecular flexibility index (Phi) is 5.56. The first-order valence-electron chi connectivity index (χ1n) is 8.27. The largest absolute Gasteiger partial charge is 0.506 e. The van der Waals surface area contributed by atoms with Crippen LogP contribution < -0.4 is 5.32 Å². The third-order valence-electron chi connectivity index (χ3n) is 4.49. The molecular weight excluding hydrogens is 343 g/mol. The maximum Gasteiger partial charge on any atom is 0.227 e. The van der Waals surface area contributed by atoms with Crippen LogP contribution in [0.15, 0.2) is 42.5 Å². The number of hydrogen-bond donors (Lipinski definition) is 2. The average Bonchev–Trinajstić information content (AvgIpc) is 2.61. The van der Waals surface area contributed by atoms with E-state index in [1.54, 1.807) is 24.3 Å². The molecular formula is C19H20ClFN2O2. The Bertz CT molecular complexity index is 744. The predicted octanol–water partition coefficient (Wildman–Crippen LogP) is 4.04. The van der Waals surface area contributed by atoms with Crippen molar-refractivity contribution in [3.63, 3.8) is 0 Å². The lowest BCUT2D eigenvalue weighted by Crippen LogP contribution is -2.37. The number of carbonyl (C=O) groups is 1. The number of benzene rings is 2. The van der Waals surface area contributed by atoms with Crippen LogP contribution in [0, 0.1) is 11.7 Å². The summed E-state index contributed by atoms with van der Waals surface area (Å²) in [5.74, 6) is -0.420. The molecule has 1 saturated heterocycles. The van der Waals surface area contributed by atoms with E-state index in [2.05, 4.69) is 10.2 Å². The van der Waals surface area contributed by atoms with E-state index < -0.39 is 0 Å². The lowest BCUT2D eigenvalue weighted by molar-refractivity contribution is -0.121. The highest BCUT2D eigenvalue weighted by atomic mass is 35.5. The van der Waals surface area contributed by atoms with Crippen molar-refractivity contribution in [2.45, 2.75) is 19.4 Å². The van der Waals surface area contributed by atoms with Crippen molar-refractivity contribution in [1.82, 2.24) is 4.90 Å². The number of aromatic hydroxyl groups is 1. The van der Waals surface area contributed by atoms with E-state index >= 15 is 0 Å². The van der Waals surface area contributed by atoms with Gasteiger partial charge in [0.1, 0.15) is 11.6 Å². The number of amides is 1. The zero-order valence-corrected chi connectivity index (χ0v) is 14.5. The molecule has 2 aromatic carbocycles. The number of hydrogen-bond acceptors (Lipinski definition) is 3. The molecule has 1 heterocycles. The fraction of sp³-hybridized carbons (Fsp3) is 0.316. The number of piperidine rings is 1. The first-order chi connectivity index (χ1) is 12.0. The number of anilines is 1. The standard InChI is InChI=1S/C19H20ClFN2O2/c20-15-3-6-18(24)17(11-15)22-19(25)14-7-9-23(10-8-14)12-13-1-4-16(21)5-2-13/h1-6,11,14,24H,7-10,12H2,(H,22,25). The molecule has 1 fully saturated rings. The van der Waals surface area contributed by atoms with Gasteiger partial charge in [-0.25, -0.2) is 4.39 Å². The van der Waals surface area contributed by atoms with Crippen LogP contribution in [0.2, 0.25) is 5.02 Å². The van der Waals surface area contributed by atoms with Crippen LogP contribution in [0.3, 0.4) is 0 Å². The lowest BCUT2D eigenvalue weighted by atomic mass is 9.95. The minimum Gasteiger partial charge on any atom is -0.506 e. The molecule has 6 heteroatoms. The van der Waals surface area contributed by atoms with Crippen molar-refractivity contribution < 1.29 is 14.3 Å². The molecule has 4 nitrogen and oxygen atoms in total. The van der Waals surface area contributed by atoms with Gasteiger partial charge in [0, 0.05) is 17.5 Å². The molecule has 0 spiro atoms. The Balaban J connectivity index is 1.52. The molecule has 0 saturated carbocycles. The molecule has 0 aromatic heterocycles. The van der Waals surface area contributed by atoms with Gasteiger partial charge in [-0.05, 0) is 61.8 Å². The van der Waals surface area contributed by atoms with Gasteiger partial charge in [0.05, 0.1) is 5.69 Å². The van der Waals surface area contributed by atoms with Gasteiger partial charge >= 0.3 is 0 Å². The van der Waals surface area contributed by atoms with Gasteiger partial charge in [0.25, 0.3) is 0 Å². The first-order valence-corrected chi connectivity index (χ1v) is 8.65. The first kappa shape index (κ1) is 17.7. The molecule has 25 heavy (non-hydrogen) atoms. The highest BCUT2D eigenvalue weighted by Gasteiger charge is 2.25. The summed E-state index contributed by atoms with van der Waals surface area (Å²) in [6.45, 7) is 2.36. The van der Waals surface area contributed by atoms with Gasteiger partial charge in [-0.15, -0.1) is 0 Å². The Morgan fingerprint density at radius 2 is 1.88 bits per heavy atom. The third-order valence-corrected chi connectivity index (χ3v) is 4.73. The van der Waals surface area contributed by atoms with Crippen LogP contribution in [0.4, 0.5) is 10.1 Å². The normalized spacial score (nSPS) is 15.9. The van der Waals surface area contributed by atoms with Crippen LogP contribution in [0.1, 0.15) is 18.4 Å². The van der Waals surface area contributed by atoms with Crippen molar-refractivity contribution in [3.8, 4) is 5.75 Å². The molecule has 132 valence electrons. The zero-order valence-electron chi connectivity index (χ0n) is 13.7. The summed E-state index contributed by atoms with van der Waals surface area (Å²) in [6.07, 6.45) is 1.49. The second kappa shape index (κ2) is 7.85. The van der Waals surface area contributed by atoms with E-state index in [1.807, 2.05) is 0 Å². The number of phenolic OH excluding ortho intramolecular Hbond substituents is 1. The summed E-state index contributed by atoms with van der Waals surface area (Å²) in [4.78, 5) is 14.7. The van der Waals surface area contributed by atoms with Gasteiger partial charge in [-0.1, -0.05) is 23.7 Å². The van der Waals surface area contributed by atoms with Crippen LogP contribution in [-0.2, 0) is 11.3 Å². The molecule has 1 aliphatic rings. The minimum absolute atomic E-state index is 0.00601. The number of halogens is 2. The molecule has 0 radical (unpaired) electrons. The fourth-order valence-corrected chi connectivity index (χ4v) is 3.22. The summed E-state index contributed by atoms with van der Waals surface area (Å²) in [5, 5.41) is 13.0. The van der Waals surface area contributed by atoms with Crippen molar-refractivity contribution in [2.75, 3.05) is 18.4 Å². The van der Waals surface area contributed by atoms with Gasteiger partial charge in [-0.3, -0.25) is 9.69 Å². The molecule has 0 bridgehead atoms. The summed E-state index contributed by atoms with van der Waals surface area (Å²) in [5.41, 5.74) is 1.40. The summed E-state index contributed by atoms with van der Waals surface area (Å²) >= 11 is 5.90. The van der Waals surface area contributed by atoms with E-state index in [4.69, 9.17) is 11.6 Å². The molecule has 3 rings (SSSR count). The lowest BCUT2D eigenvalue weighted by Gasteiger charge is -2.31. The molecule has 1 amide bonds. The zero-order chi connectivity index (χ0) is 17.8. The third kappa shape index (κ3) is 4.71. The second-order valence-electron chi connectivity index (χ2n) is 6.33. The fourth-order valence-electron chi connectivity index (χ4n) is 3.04. The van der Waals surface area contributed by atoms with Crippen molar-refractivity contribution in [2.24, 2.45) is 5.92 Å². The summed E-state index contributed by atoms with van der Waals surface area (Å²) < 4.78 is 13.0. The quantitative estimate of drug-likeness (QED) is 0.807. The van der Waals surface area contributed by atoms with Gasteiger partial charge in [0.2, 0.25) is 5.91 Å². The Hall–Kier alpha value is -2.11. The number of nitrogens with zero attached hydrogens (tertiary/aromatic N) is 1. The number of phenols is 1. The summed E-state index contributed by atoms with van der Waals surface area (Å²) in [7, 11) is 0. The number of nitrogens with one attached hydrogen (secondary N) is 1. The SMILES string of the molecule is O=C(Nc1cc(Cl)ccc1O)C1CCN(Cc2ccc(F)cc2)CC1. The maximum absolute atomic E-state index is 13.0. The topological polar surface area (TPSA) is 52.6 Å². The van der Waals surface area contributed by atoms with E-state index in [0.29, 0.717) is 10.7 Å². The van der Waals surface area contributed by atoms with Crippen LogP contribution in [0.5, 0.6) is 5.75 Å². The predicted molar refractivity (Wildman–Crippen MR) is 96.1 cm³/mol. The van der Waals surface area contributed by atoms with Gasteiger partial charge < -0.3 is 10.4 Å². The average molecular weight is 363 g/mol. The van der Waals surface area contributed by atoms with Crippen molar-refractivity contribution in [3.05, 3.63) is 58.9 Å². The number of carbonyl (C=O) groups excluding carboxylic acids is 1. The molecule has 0 aliphatic carbocycles. The number of likely N-dealkylation sites (tertiary alicyclic amines) is 1. The Morgan fingerprint density at radius 3 is 2.56 bits per heavy atom. The molecule has 0 unspecified atom stereocenters. The van der Waals surface area contributed by atoms with Crippen LogP contribution >= 0.6 is 11.6 Å². The maximum atomic E-state index is 13.0. The molecule has 2 aromatic rings. The van der Waals surface area contributed by atoms with Gasteiger partial charge in [0.15, 0.2) is 0 Å². The molecule has 1 aliphatic heterocycles. The molecule has 0 atom stereocenters. The smallest absolute Gasteiger partial charge is 0.227 e. The minimum atomic E-state index is -0.233. The van der Waals surface area contributed by atoms with Crippen LogP contribution in [-0.4, -0.2) is 29.0 Å². The summed E-state index contributed by atoms with van der Waals surface area (Å²) in [6, 6.07) is 11.1. The Labute approximate surface area is 151 Å². The second-order valence-corrected chi connectivity index (χ2v) is 6.76. The van der Waals surface area contributed by atoms with Crippen molar-refractivity contribution >= 4 is 23.2 Å². The van der Waals surface area contributed by atoms with E-state index in [0.717, 1.165) is 38.0 Å². The Morgan fingerprint density at radius 1 is 1.20 bits per heavy atom. The molecule has 2 N–H and O–H groups in total. The van der Waals surface area contributed by atoms with Gasteiger partial charge in [-0.2, -0.15) is 0 Å². The van der Waals surface area contributed by atoms with Crippen molar-refractivity contribution in [1.29, 1.82) is 0 Å².